The molecule has 4 N–H and O–H groups in total. The van der Waals surface area contributed by atoms with E-state index in [1.165, 1.54) is 6.07 Å². The Kier molecular flexibility index (Phi) is 4.29. The molecule has 20 heavy (non-hydrogen) atoms. The van der Waals surface area contributed by atoms with Gasteiger partial charge in [-0.3, -0.25) is 16.0 Å². The normalized spacial score (nSPS) is 10.2. The lowest BCUT2D eigenvalue weighted by atomic mass is 10.2. The van der Waals surface area contributed by atoms with Crippen LogP contribution in [-0.2, 0) is 0 Å². The molecule has 0 saturated heterocycles. The largest absolute Gasteiger partial charge is 0.350 e. The minimum atomic E-state index is -0.524. The third kappa shape index (κ3) is 3.11. The number of nitro benzene ring substituents is 1. The van der Waals surface area contributed by atoms with Gasteiger partial charge in [-0.2, -0.15) is 0 Å². The van der Waals surface area contributed by atoms with Crippen LogP contribution in [0.25, 0.3) is 0 Å². The number of hydrazine groups is 1. The summed E-state index contributed by atoms with van der Waals surface area (Å²) in [6, 6.07) is 9.50. The summed E-state index contributed by atoms with van der Waals surface area (Å²) in [6.07, 6.45) is 0. The number of rotatable bonds is 4. The van der Waals surface area contributed by atoms with E-state index in [9.17, 15) is 10.1 Å². The van der Waals surface area contributed by atoms with Crippen LogP contribution in [0.1, 0.15) is 0 Å². The maximum absolute atomic E-state index is 11.1. The third-order valence-electron chi connectivity index (χ3n) is 2.52. The second-order valence-corrected chi connectivity index (χ2v) is 4.76. The SMILES string of the molecule is NNc1cccc(Nc2cc(Cl)cc(Cl)c2)c1[N+](=O)[O-]. The lowest BCUT2D eigenvalue weighted by molar-refractivity contribution is -0.383. The van der Waals surface area contributed by atoms with Crippen molar-refractivity contribution in [2.24, 2.45) is 5.84 Å². The van der Waals surface area contributed by atoms with Gasteiger partial charge in [-0.05, 0) is 30.3 Å². The van der Waals surface area contributed by atoms with Gasteiger partial charge >= 0.3 is 5.69 Å². The minimum absolute atomic E-state index is 0.161. The second-order valence-electron chi connectivity index (χ2n) is 3.89. The second kappa shape index (κ2) is 5.96. The number of nitro groups is 1. The van der Waals surface area contributed by atoms with Crippen LogP contribution < -0.4 is 16.6 Å². The highest BCUT2D eigenvalue weighted by atomic mass is 35.5. The first-order valence-electron chi connectivity index (χ1n) is 5.48. The van der Waals surface area contributed by atoms with Crippen LogP contribution in [0.2, 0.25) is 10.0 Å². The van der Waals surface area contributed by atoms with Crippen molar-refractivity contribution in [1.82, 2.24) is 0 Å². The Morgan fingerprint density at radius 1 is 1.10 bits per heavy atom. The van der Waals surface area contributed by atoms with E-state index in [1.807, 2.05) is 0 Å². The van der Waals surface area contributed by atoms with E-state index in [1.54, 1.807) is 30.3 Å². The fourth-order valence-corrected chi connectivity index (χ4v) is 2.27. The van der Waals surface area contributed by atoms with Crippen LogP contribution in [0.4, 0.5) is 22.7 Å². The van der Waals surface area contributed by atoms with Crippen molar-refractivity contribution in [2.45, 2.75) is 0 Å². The maximum Gasteiger partial charge on any atom is 0.316 e. The number of nitrogens with one attached hydrogen (secondary N) is 2. The molecule has 104 valence electrons. The number of anilines is 3. The number of nitrogens with zero attached hydrogens (tertiary/aromatic N) is 1. The van der Waals surface area contributed by atoms with Gasteiger partial charge in [0.05, 0.1) is 4.92 Å². The molecule has 2 aromatic rings. The van der Waals surface area contributed by atoms with Gasteiger partial charge in [0.1, 0.15) is 11.4 Å². The lowest BCUT2D eigenvalue weighted by Crippen LogP contribution is -2.10. The first kappa shape index (κ1) is 14.4. The van der Waals surface area contributed by atoms with Gasteiger partial charge in [0.15, 0.2) is 0 Å². The molecule has 2 aromatic carbocycles. The van der Waals surface area contributed by atoms with E-state index in [0.29, 0.717) is 15.7 Å². The summed E-state index contributed by atoms with van der Waals surface area (Å²) in [5.74, 6) is 5.27. The van der Waals surface area contributed by atoms with Crippen molar-refractivity contribution in [3.63, 3.8) is 0 Å². The van der Waals surface area contributed by atoms with Crippen molar-refractivity contribution < 1.29 is 4.92 Å². The topological polar surface area (TPSA) is 93.2 Å². The minimum Gasteiger partial charge on any atom is -0.350 e. The van der Waals surface area contributed by atoms with Crippen LogP contribution >= 0.6 is 23.2 Å². The Morgan fingerprint density at radius 2 is 1.70 bits per heavy atom. The highest BCUT2D eigenvalue weighted by Gasteiger charge is 2.19. The molecule has 0 aliphatic rings. The van der Waals surface area contributed by atoms with Gasteiger partial charge in [-0.1, -0.05) is 29.3 Å². The molecule has 0 fully saturated rings. The first-order valence-corrected chi connectivity index (χ1v) is 6.24. The molecule has 8 heteroatoms. The Morgan fingerprint density at radius 3 is 2.25 bits per heavy atom. The first-order chi connectivity index (χ1) is 9.51. The molecule has 0 radical (unpaired) electrons. The van der Waals surface area contributed by atoms with Gasteiger partial charge in [-0.25, -0.2) is 0 Å². The summed E-state index contributed by atoms with van der Waals surface area (Å²) in [6.45, 7) is 0. The summed E-state index contributed by atoms with van der Waals surface area (Å²) < 4.78 is 0. The smallest absolute Gasteiger partial charge is 0.316 e. The van der Waals surface area contributed by atoms with E-state index in [4.69, 9.17) is 29.0 Å². The van der Waals surface area contributed by atoms with Crippen LogP contribution in [0.15, 0.2) is 36.4 Å². The molecule has 2 rings (SSSR count). The summed E-state index contributed by atoms with van der Waals surface area (Å²) in [4.78, 5) is 10.6. The lowest BCUT2D eigenvalue weighted by Gasteiger charge is -2.10. The number of para-hydroxylation sites is 1. The predicted molar refractivity (Wildman–Crippen MR) is 80.7 cm³/mol. The number of benzene rings is 2. The Labute approximate surface area is 124 Å². The van der Waals surface area contributed by atoms with Crippen LogP contribution in [-0.4, -0.2) is 4.92 Å². The zero-order chi connectivity index (χ0) is 14.7. The summed E-state index contributed by atoms with van der Waals surface area (Å²) >= 11 is 11.8. The van der Waals surface area contributed by atoms with E-state index in [0.717, 1.165) is 0 Å². The number of hydrogen-bond acceptors (Lipinski definition) is 5. The quantitative estimate of drug-likeness (QED) is 0.452. The van der Waals surface area contributed by atoms with Gasteiger partial charge in [-0.15, -0.1) is 0 Å². The molecule has 0 saturated carbocycles. The van der Waals surface area contributed by atoms with E-state index < -0.39 is 4.92 Å². The Bertz CT molecular complexity index is 644. The predicted octanol–water partition coefficient (Wildman–Crippen LogP) is 3.93. The Balaban J connectivity index is 2.45. The summed E-state index contributed by atoms with van der Waals surface area (Å²) in [5, 5.41) is 14.9. The van der Waals surface area contributed by atoms with E-state index >= 15 is 0 Å². The number of halogens is 2. The van der Waals surface area contributed by atoms with Gasteiger partial charge in [0.25, 0.3) is 0 Å². The molecular weight excluding hydrogens is 303 g/mol. The molecule has 0 spiro atoms. The molecule has 0 aliphatic carbocycles. The summed E-state index contributed by atoms with van der Waals surface area (Å²) in [7, 11) is 0. The zero-order valence-electron chi connectivity index (χ0n) is 10.1. The van der Waals surface area contributed by atoms with Crippen LogP contribution in [0.3, 0.4) is 0 Å². The van der Waals surface area contributed by atoms with Gasteiger partial charge < -0.3 is 10.7 Å². The zero-order valence-corrected chi connectivity index (χ0v) is 11.6. The van der Waals surface area contributed by atoms with Gasteiger partial charge in [0.2, 0.25) is 0 Å². The highest BCUT2D eigenvalue weighted by molar-refractivity contribution is 6.35. The number of nitrogens with two attached hydrogens (primary N) is 1. The van der Waals surface area contributed by atoms with Crippen molar-refractivity contribution in [2.75, 3.05) is 10.7 Å². The number of hydrogen-bond donors (Lipinski definition) is 3. The van der Waals surface area contributed by atoms with Crippen LogP contribution in [0, 0.1) is 10.1 Å². The molecule has 0 unspecified atom stereocenters. The van der Waals surface area contributed by atoms with E-state index in [-0.39, 0.29) is 17.1 Å². The van der Waals surface area contributed by atoms with Crippen molar-refractivity contribution in [3.8, 4) is 0 Å². The monoisotopic (exact) mass is 312 g/mol. The Hall–Kier alpha value is -2.02. The molecule has 0 aliphatic heterocycles. The molecule has 6 nitrogen and oxygen atoms in total. The fourth-order valence-electron chi connectivity index (χ4n) is 1.74. The molecule has 0 bridgehead atoms. The molecular formula is C12H10Cl2N4O2. The summed E-state index contributed by atoms with van der Waals surface area (Å²) in [5.41, 5.74) is 3.16. The molecule has 0 aromatic heterocycles. The molecule has 0 amide bonds. The number of nitrogen functional groups attached to an aromatic ring is 1. The average Bonchev–Trinajstić information content (AvgIpc) is 2.36. The molecule has 0 atom stereocenters. The maximum atomic E-state index is 11.1. The van der Waals surface area contributed by atoms with Crippen molar-refractivity contribution in [3.05, 3.63) is 56.6 Å². The van der Waals surface area contributed by atoms with Crippen molar-refractivity contribution >= 4 is 46.0 Å². The van der Waals surface area contributed by atoms with Crippen LogP contribution in [0.5, 0.6) is 0 Å². The fraction of sp³-hybridized carbons (Fsp3) is 0. The average molecular weight is 313 g/mol. The standard InChI is InChI=1S/C12H10Cl2N4O2/c13-7-4-8(14)6-9(5-7)16-10-2-1-3-11(17-15)12(10)18(19)20/h1-6,16-17H,15H2. The molecule has 0 heterocycles. The van der Waals surface area contributed by atoms with E-state index in [2.05, 4.69) is 10.7 Å². The third-order valence-corrected chi connectivity index (χ3v) is 2.95. The van der Waals surface area contributed by atoms with Crippen molar-refractivity contribution in [1.29, 1.82) is 0 Å². The van der Waals surface area contributed by atoms with Gasteiger partial charge in [0, 0.05) is 15.7 Å². The highest BCUT2D eigenvalue weighted by Crippen LogP contribution is 2.35.